The van der Waals surface area contributed by atoms with Gasteiger partial charge in [0.25, 0.3) is 0 Å². The second-order valence-electron chi connectivity index (χ2n) is 4.84. The Balaban J connectivity index is 2.22. The maximum absolute atomic E-state index is 12.9. The van der Waals surface area contributed by atoms with Crippen molar-refractivity contribution in [2.24, 2.45) is 0 Å². The Hall–Kier alpha value is -1.49. The number of hydrogen-bond donors (Lipinski definition) is 1. The lowest BCUT2D eigenvalue weighted by molar-refractivity contribution is -0.138. The molecular formula is C15H16F3NS. The second kappa shape index (κ2) is 5.48. The number of rotatable bonds is 3. The highest BCUT2D eigenvalue weighted by Crippen LogP contribution is 2.34. The smallest absolute Gasteiger partial charge is 0.378 e. The summed E-state index contributed by atoms with van der Waals surface area (Å²) in [7, 11) is 0. The normalized spacial score (nSPS) is 13.3. The molecule has 0 aliphatic carbocycles. The van der Waals surface area contributed by atoms with Crippen molar-refractivity contribution >= 4 is 17.0 Å². The summed E-state index contributed by atoms with van der Waals surface area (Å²) < 4.78 is 38.6. The van der Waals surface area contributed by atoms with Crippen molar-refractivity contribution in [2.75, 3.05) is 5.32 Å². The highest BCUT2D eigenvalue weighted by atomic mass is 32.1. The summed E-state index contributed by atoms with van der Waals surface area (Å²) in [5.41, 5.74) is 0.140. The van der Waals surface area contributed by atoms with Crippen LogP contribution in [0, 0.1) is 13.8 Å². The van der Waals surface area contributed by atoms with Crippen LogP contribution < -0.4 is 5.32 Å². The molecule has 1 N–H and O–H groups in total. The number of alkyl halides is 3. The quantitative estimate of drug-likeness (QED) is 0.782. The van der Waals surface area contributed by atoms with Crippen LogP contribution in [0.5, 0.6) is 0 Å². The van der Waals surface area contributed by atoms with Crippen LogP contribution in [0.2, 0.25) is 0 Å². The molecule has 1 nitrogen and oxygen atoms in total. The largest absolute Gasteiger partial charge is 0.416 e. The van der Waals surface area contributed by atoms with Crippen molar-refractivity contribution in [3.63, 3.8) is 0 Å². The summed E-state index contributed by atoms with van der Waals surface area (Å²) in [6.07, 6.45) is -4.31. The molecule has 0 saturated heterocycles. The molecule has 0 aliphatic heterocycles. The minimum atomic E-state index is -4.31. The lowest BCUT2D eigenvalue weighted by Crippen LogP contribution is -2.10. The van der Waals surface area contributed by atoms with Gasteiger partial charge < -0.3 is 5.32 Å². The fourth-order valence-corrected chi connectivity index (χ4v) is 2.90. The summed E-state index contributed by atoms with van der Waals surface area (Å²) in [5, 5.41) is 3.12. The van der Waals surface area contributed by atoms with E-state index < -0.39 is 11.7 Å². The summed E-state index contributed by atoms with van der Waals surface area (Å²) in [6.45, 7) is 5.42. The minimum absolute atomic E-state index is 0.0162. The number of hydrogen-bond acceptors (Lipinski definition) is 2. The Labute approximate surface area is 120 Å². The molecule has 108 valence electrons. The predicted octanol–water partition coefficient (Wildman–Crippen LogP) is 5.56. The first-order valence-corrected chi connectivity index (χ1v) is 7.10. The molecule has 1 heterocycles. The molecule has 0 spiro atoms. The van der Waals surface area contributed by atoms with E-state index in [0.717, 1.165) is 4.88 Å². The van der Waals surface area contributed by atoms with Gasteiger partial charge in [-0.2, -0.15) is 13.2 Å². The van der Waals surface area contributed by atoms with Crippen LogP contribution >= 0.6 is 11.3 Å². The monoisotopic (exact) mass is 299 g/mol. The zero-order valence-electron chi connectivity index (χ0n) is 11.5. The van der Waals surface area contributed by atoms with Crippen LogP contribution in [0.4, 0.5) is 18.9 Å². The van der Waals surface area contributed by atoms with Crippen molar-refractivity contribution in [3.8, 4) is 0 Å². The maximum atomic E-state index is 12.9. The molecule has 1 aromatic carbocycles. The van der Waals surface area contributed by atoms with Gasteiger partial charge in [0.1, 0.15) is 0 Å². The zero-order valence-corrected chi connectivity index (χ0v) is 12.3. The third-order valence-electron chi connectivity index (χ3n) is 3.11. The van der Waals surface area contributed by atoms with Crippen LogP contribution in [-0.4, -0.2) is 0 Å². The summed E-state index contributed by atoms with van der Waals surface area (Å²) >= 11 is 1.64. The molecule has 2 aromatic rings. The highest BCUT2D eigenvalue weighted by Gasteiger charge is 2.32. The molecule has 0 radical (unpaired) electrons. The fourth-order valence-electron chi connectivity index (χ4n) is 2.02. The molecule has 0 amide bonds. The van der Waals surface area contributed by atoms with Crippen LogP contribution in [0.15, 0.2) is 30.3 Å². The van der Waals surface area contributed by atoms with Crippen LogP contribution in [0.3, 0.4) is 0 Å². The van der Waals surface area contributed by atoms with Gasteiger partial charge in [0.05, 0.1) is 11.6 Å². The first kappa shape index (κ1) is 14.9. The molecule has 1 atom stereocenters. The standard InChI is InChI=1S/C15H16F3NS/c1-9-4-6-12(8-13(9)15(16,17)18)19-11(3)14-7-5-10(2)20-14/h4-8,11,19H,1-3H3. The van der Waals surface area contributed by atoms with E-state index in [2.05, 4.69) is 5.32 Å². The third kappa shape index (κ3) is 3.33. The Morgan fingerprint density at radius 3 is 2.35 bits per heavy atom. The van der Waals surface area contributed by atoms with Crippen molar-refractivity contribution in [1.82, 2.24) is 0 Å². The van der Waals surface area contributed by atoms with Gasteiger partial charge in [0.15, 0.2) is 0 Å². The van der Waals surface area contributed by atoms with E-state index in [4.69, 9.17) is 0 Å². The first-order valence-electron chi connectivity index (χ1n) is 6.28. The minimum Gasteiger partial charge on any atom is -0.378 e. The van der Waals surface area contributed by atoms with E-state index >= 15 is 0 Å². The Bertz CT molecular complexity index is 601. The van der Waals surface area contributed by atoms with Gasteiger partial charge in [0.2, 0.25) is 0 Å². The number of halogens is 3. The molecular weight excluding hydrogens is 283 g/mol. The van der Waals surface area contributed by atoms with Gasteiger partial charge in [-0.15, -0.1) is 11.3 Å². The van der Waals surface area contributed by atoms with Crippen molar-refractivity contribution in [2.45, 2.75) is 33.0 Å². The molecule has 20 heavy (non-hydrogen) atoms. The summed E-state index contributed by atoms with van der Waals surface area (Å²) in [4.78, 5) is 2.30. The van der Waals surface area contributed by atoms with E-state index in [1.807, 2.05) is 26.0 Å². The molecule has 0 bridgehead atoms. The number of anilines is 1. The van der Waals surface area contributed by atoms with Gasteiger partial charge in [-0.3, -0.25) is 0 Å². The van der Waals surface area contributed by atoms with E-state index in [9.17, 15) is 13.2 Å². The number of thiophene rings is 1. The van der Waals surface area contributed by atoms with Gasteiger partial charge in [-0.05, 0) is 50.6 Å². The van der Waals surface area contributed by atoms with E-state index in [1.165, 1.54) is 23.9 Å². The topological polar surface area (TPSA) is 12.0 Å². The molecule has 0 saturated carbocycles. The van der Waals surface area contributed by atoms with Crippen LogP contribution in [0.1, 0.15) is 33.8 Å². The van der Waals surface area contributed by atoms with E-state index in [-0.39, 0.29) is 11.6 Å². The molecule has 1 aromatic heterocycles. The van der Waals surface area contributed by atoms with Crippen LogP contribution in [-0.2, 0) is 6.18 Å². The highest BCUT2D eigenvalue weighted by molar-refractivity contribution is 7.12. The van der Waals surface area contributed by atoms with Gasteiger partial charge >= 0.3 is 6.18 Å². The van der Waals surface area contributed by atoms with Crippen LogP contribution in [0.25, 0.3) is 0 Å². The average molecular weight is 299 g/mol. The third-order valence-corrected chi connectivity index (χ3v) is 4.30. The number of aryl methyl sites for hydroxylation is 2. The fraction of sp³-hybridized carbons (Fsp3) is 0.333. The van der Waals surface area contributed by atoms with E-state index in [1.54, 1.807) is 17.4 Å². The Kier molecular flexibility index (Phi) is 4.09. The average Bonchev–Trinajstić information content (AvgIpc) is 2.77. The van der Waals surface area contributed by atoms with E-state index in [0.29, 0.717) is 5.69 Å². The second-order valence-corrected chi connectivity index (χ2v) is 6.16. The van der Waals surface area contributed by atoms with Crippen molar-refractivity contribution in [1.29, 1.82) is 0 Å². The Morgan fingerprint density at radius 1 is 1.10 bits per heavy atom. The van der Waals surface area contributed by atoms with Gasteiger partial charge in [-0.1, -0.05) is 6.07 Å². The first-order chi connectivity index (χ1) is 9.27. The molecule has 2 rings (SSSR count). The number of benzene rings is 1. The SMILES string of the molecule is Cc1ccc(C(C)Nc2ccc(C)c(C(F)(F)F)c2)s1. The van der Waals surface area contributed by atoms with Crippen molar-refractivity contribution < 1.29 is 13.2 Å². The lowest BCUT2D eigenvalue weighted by Gasteiger charge is -2.17. The lowest BCUT2D eigenvalue weighted by atomic mass is 10.1. The summed E-state index contributed by atoms with van der Waals surface area (Å²) in [5.74, 6) is 0. The predicted molar refractivity (Wildman–Crippen MR) is 77.3 cm³/mol. The van der Waals surface area contributed by atoms with Gasteiger partial charge in [0, 0.05) is 15.4 Å². The van der Waals surface area contributed by atoms with Crippen molar-refractivity contribution in [3.05, 3.63) is 51.2 Å². The zero-order chi connectivity index (χ0) is 14.9. The maximum Gasteiger partial charge on any atom is 0.416 e. The Morgan fingerprint density at radius 2 is 1.80 bits per heavy atom. The molecule has 1 unspecified atom stereocenters. The molecule has 5 heteroatoms. The molecule has 0 fully saturated rings. The number of nitrogens with one attached hydrogen (secondary N) is 1. The molecule has 0 aliphatic rings. The van der Waals surface area contributed by atoms with Gasteiger partial charge in [-0.25, -0.2) is 0 Å². The summed E-state index contributed by atoms with van der Waals surface area (Å²) in [6, 6.07) is 8.34.